The summed E-state index contributed by atoms with van der Waals surface area (Å²) in [6.45, 7) is 8.17. The van der Waals surface area contributed by atoms with Gasteiger partial charge in [-0.15, -0.1) is 4.68 Å². The fourth-order valence-electron chi connectivity index (χ4n) is 2.72. The molecule has 0 saturated carbocycles. The van der Waals surface area contributed by atoms with Gasteiger partial charge in [-0.2, -0.15) is 0 Å². The number of anilines is 1. The zero-order valence-corrected chi connectivity index (χ0v) is 12.9. The molecule has 2 aromatic rings. The van der Waals surface area contributed by atoms with Gasteiger partial charge in [0.15, 0.2) is 11.5 Å². The van der Waals surface area contributed by atoms with Gasteiger partial charge < -0.3 is 24.9 Å². The van der Waals surface area contributed by atoms with Gasteiger partial charge in [0, 0.05) is 0 Å². The molecule has 0 aromatic carbocycles. The van der Waals surface area contributed by atoms with E-state index in [-0.39, 0.29) is 22.7 Å². The van der Waals surface area contributed by atoms with Crippen LogP contribution in [-0.4, -0.2) is 66.6 Å². The van der Waals surface area contributed by atoms with E-state index >= 15 is 0 Å². The molecule has 11 heteroatoms. The maximum Gasteiger partial charge on any atom is 0.308 e. The van der Waals surface area contributed by atoms with Crippen LogP contribution in [0.25, 0.3) is 15.9 Å². The van der Waals surface area contributed by atoms with E-state index in [1.54, 1.807) is 0 Å². The second-order valence-corrected chi connectivity index (χ2v) is 5.49. The van der Waals surface area contributed by atoms with Gasteiger partial charge in [-0.1, -0.05) is 6.57 Å². The lowest BCUT2D eigenvalue weighted by molar-refractivity contribution is -0.100. The molecule has 11 nitrogen and oxygen atoms in total. The maximum atomic E-state index is 10.6. The second kappa shape index (κ2) is 5.93. The van der Waals surface area contributed by atoms with E-state index in [0.29, 0.717) is 0 Å². The zero-order valence-electron chi connectivity index (χ0n) is 12.9. The van der Waals surface area contributed by atoms with Crippen LogP contribution < -0.4 is 5.48 Å². The quantitative estimate of drug-likeness (QED) is 0.423. The Hall–Kier alpha value is -2.36. The van der Waals surface area contributed by atoms with Crippen molar-refractivity contribution in [2.75, 3.05) is 19.2 Å². The van der Waals surface area contributed by atoms with Crippen molar-refractivity contribution >= 4 is 22.7 Å². The van der Waals surface area contributed by atoms with Gasteiger partial charge in [-0.25, -0.2) is 15.4 Å². The van der Waals surface area contributed by atoms with Crippen molar-refractivity contribution in [3.63, 3.8) is 0 Å². The van der Waals surface area contributed by atoms with Crippen molar-refractivity contribution in [2.24, 2.45) is 0 Å². The lowest BCUT2D eigenvalue weighted by Crippen LogP contribution is -2.44. The van der Waals surface area contributed by atoms with E-state index in [1.165, 1.54) is 25.0 Å². The molecule has 1 aliphatic heterocycles. The molecule has 24 heavy (non-hydrogen) atoms. The largest absolute Gasteiger partial charge is 0.394 e. The molecule has 0 amide bonds. The Morgan fingerprint density at radius 1 is 1.54 bits per heavy atom. The second-order valence-electron chi connectivity index (χ2n) is 5.49. The van der Waals surface area contributed by atoms with E-state index in [9.17, 15) is 15.3 Å². The molecular formula is C13H16N6O5. The minimum atomic E-state index is -1.74. The van der Waals surface area contributed by atoms with Gasteiger partial charge in [0.1, 0.15) is 24.1 Å². The topological polar surface area (TPSA) is 139 Å². The summed E-state index contributed by atoms with van der Waals surface area (Å²) in [4.78, 5) is 16.2. The predicted octanol–water partition coefficient (Wildman–Crippen LogP) is -0.648. The summed E-state index contributed by atoms with van der Waals surface area (Å²) in [6, 6.07) is 0. The number of aliphatic hydroxyl groups excluding tert-OH is 2. The lowest BCUT2D eigenvalue weighted by Gasteiger charge is -2.25. The summed E-state index contributed by atoms with van der Waals surface area (Å²) in [5.41, 5.74) is 1.01. The molecule has 2 aromatic heterocycles. The minimum Gasteiger partial charge on any atom is -0.394 e. The summed E-state index contributed by atoms with van der Waals surface area (Å²) >= 11 is 0. The first kappa shape index (κ1) is 16.5. The molecule has 0 spiro atoms. The molecule has 1 saturated heterocycles. The molecule has 4 N–H and O–H groups in total. The summed E-state index contributed by atoms with van der Waals surface area (Å²) in [5.74, 6) is 0.211. The normalized spacial score (nSPS) is 29.8. The van der Waals surface area contributed by atoms with Crippen LogP contribution in [0.5, 0.6) is 0 Å². The first-order valence-electron chi connectivity index (χ1n) is 7.02. The van der Waals surface area contributed by atoms with E-state index in [4.69, 9.17) is 16.1 Å². The Morgan fingerprint density at radius 3 is 2.88 bits per heavy atom. The maximum absolute atomic E-state index is 10.6. The van der Waals surface area contributed by atoms with Crippen molar-refractivity contribution in [1.29, 1.82) is 0 Å². The molecule has 1 aliphatic rings. The van der Waals surface area contributed by atoms with Crippen molar-refractivity contribution in [3.05, 3.63) is 17.7 Å². The van der Waals surface area contributed by atoms with Crippen LogP contribution >= 0.6 is 0 Å². The van der Waals surface area contributed by atoms with Crippen molar-refractivity contribution in [2.45, 2.75) is 31.0 Å². The molecule has 4 atom stereocenters. The van der Waals surface area contributed by atoms with Crippen LogP contribution in [0, 0.1) is 6.57 Å². The monoisotopic (exact) mass is 336 g/mol. The molecule has 0 radical (unpaired) electrons. The number of nitrogens with one attached hydrogen (secondary N) is 1. The number of nitrogens with zero attached hydrogens (tertiary/aromatic N) is 5. The molecular weight excluding hydrogens is 320 g/mol. The van der Waals surface area contributed by atoms with Crippen LogP contribution in [0.4, 0.5) is 11.6 Å². The Balaban J connectivity index is 2.18. The average molecular weight is 336 g/mol. The number of rotatable bonds is 4. The number of fused-ring (bicyclic) bond motifs is 1. The molecule has 0 bridgehead atoms. The van der Waals surface area contributed by atoms with Crippen LogP contribution in [0.1, 0.15) is 13.2 Å². The SMILES string of the molecule is [C-]#[N+]c1nn(C2OC(CO)C(O)[C@@]2(C)O)c2ncnc(NOC)c12. The third kappa shape index (κ3) is 2.29. The van der Waals surface area contributed by atoms with Crippen molar-refractivity contribution in [1.82, 2.24) is 19.7 Å². The average Bonchev–Trinajstić information content (AvgIpc) is 3.04. The highest BCUT2D eigenvalue weighted by molar-refractivity contribution is 5.96. The predicted molar refractivity (Wildman–Crippen MR) is 79.8 cm³/mol. The Kier molecular flexibility index (Phi) is 4.08. The van der Waals surface area contributed by atoms with E-state index in [1.807, 2.05) is 0 Å². The smallest absolute Gasteiger partial charge is 0.308 e. The lowest BCUT2D eigenvalue weighted by atomic mass is 9.97. The first-order chi connectivity index (χ1) is 11.5. The number of hydrogen-bond acceptors (Lipinski definition) is 9. The fourth-order valence-corrected chi connectivity index (χ4v) is 2.72. The third-order valence-corrected chi connectivity index (χ3v) is 3.93. The highest BCUT2D eigenvalue weighted by Crippen LogP contribution is 2.41. The van der Waals surface area contributed by atoms with Crippen molar-refractivity contribution < 1.29 is 24.9 Å². The third-order valence-electron chi connectivity index (χ3n) is 3.93. The van der Waals surface area contributed by atoms with Crippen LogP contribution in [-0.2, 0) is 9.57 Å². The first-order valence-corrected chi connectivity index (χ1v) is 7.02. The highest BCUT2D eigenvalue weighted by atomic mass is 16.6. The number of ether oxygens (including phenoxy) is 1. The summed E-state index contributed by atoms with van der Waals surface area (Å²) in [7, 11) is 1.39. The highest BCUT2D eigenvalue weighted by Gasteiger charge is 2.54. The number of hydrogen-bond donors (Lipinski definition) is 4. The van der Waals surface area contributed by atoms with Gasteiger partial charge in [-0.05, 0) is 12.0 Å². The molecule has 128 valence electrons. The Morgan fingerprint density at radius 2 is 2.29 bits per heavy atom. The van der Waals surface area contributed by atoms with Gasteiger partial charge >= 0.3 is 5.82 Å². The zero-order chi connectivity index (χ0) is 17.5. The van der Waals surface area contributed by atoms with Gasteiger partial charge in [0.25, 0.3) is 0 Å². The fraction of sp³-hybridized carbons (Fsp3) is 0.538. The van der Waals surface area contributed by atoms with Crippen LogP contribution in [0.15, 0.2) is 6.33 Å². The Labute approximate surface area is 136 Å². The summed E-state index contributed by atoms with van der Waals surface area (Å²) < 4.78 is 6.72. The molecule has 0 aliphatic carbocycles. The van der Waals surface area contributed by atoms with Crippen LogP contribution in [0.3, 0.4) is 0 Å². The van der Waals surface area contributed by atoms with E-state index < -0.39 is 30.6 Å². The number of aliphatic hydroxyl groups is 3. The Bertz CT molecular complexity index is 800. The van der Waals surface area contributed by atoms with E-state index in [0.717, 1.165) is 0 Å². The summed E-state index contributed by atoms with van der Waals surface area (Å²) in [6.07, 6.45) is -2.23. The van der Waals surface area contributed by atoms with Crippen LogP contribution in [0.2, 0.25) is 0 Å². The number of aromatic nitrogens is 4. The van der Waals surface area contributed by atoms with E-state index in [2.05, 4.69) is 25.4 Å². The molecule has 1 fully saturated rings. The molecule has 3 unspecified atom stereocenters. The van der Waals surface area contributed by atoms with Gasteiger partial charge in [0.05, 0.1) is 19.1 Å². The minimum absolute atomic E-state index is 0.0218. The molecule has 3 rings (SSSR count). The van der Waals surface area contributed by atoms with Gasteiger partial charge in [0.2, 0.25) is 6.23 Å². The summed E-state index contributed by atoms with van der Waals surface area (Å²) in [5, 5.41) is 34.4. The molecule has 3 heterocycles. The standard InChI is InChI=1S/C13H16N6O5/c1-13(22)8(21)6(4-20)24-12(13)19-11-7(9(14-2)17-19)10(18-23-3)15-5-16-11/h5-6,8,12,20-22H,4H2,1,3H3,(H,15,16,18)/t6?,8?,12?,13-/m1/s1. The van der Waals surface area contributed by atoms with Gasteiger partial charge in [-0.3, -0.25) is 4.84 Å². The van der Waals surface area contributed by atoms with Crippen molar-refractivity contribution in [3.8, 4) is 0 Å².